The van der Waals surface area contributed by atoms with Gasteiger partial charge in [-0.15, -0.1) is 10.2 Å². The van der Waals surface area contributed by atoms with Crippen molar-refractivity contribution in [3.05, 3.63) is 60.2 Å². The van der Waals surface area contributed by atoms with E-state index in [0.29, 0.717) is 11.8 Å². The Morgan fingerprint density at radius 2 is 1.39 bits per heavy atom. The fourth-order valence-corrected chi connectivity index (χ4v) is 1.68. The van der Waals surface area contributed by atoms with Crippen molar-refractivity contribution in [1.82, 2.24) is 10.2 Å². The molecule has 18 heavy (non-hydrogen) atoms. The zero-order valence-electron chi connectivity index (χ0n) is 9.92. The molecule has 0 fully saturated rings. The van der Waals surface area contributed by atoms with Gasteiger partial charge in [-0.2, -0.15) is 0 Å². The van der Waals surface area contributed by atoms with Gasteiger partial charge in [0.1, 0.15) is 0 Å². The first-order valence-electron chi connectivity index (χ1n) is 5.70. The average molecular weight is 235 g/mol. The smallest absolute Gasteiger partial charge is 0.248 e. The van der Waals surface area contributed by atoms with Gasteiger partial charge in [0.2, 0.25) is 11.8 Å². The number of rotatable bonds is 2. The van der Waals surface area contributed by atoms with Gasteiger partial charge in [-0.3, -0.25) is 0 Å². The maximum absolute atomic E-state index is 5.66. The summed E-state index contributed by atoms with van der Waals surface area (Å²) < 4.78 is 5.66. The van der Waals surface area contributed by atoms with Crippen LogP contribution in [0.3, 0.4) is 0 Å². The van der Waals surface area contributed by atoms with Crippen LogP contribution in [0, 0.1) is 13.0 Å². The van der Waals surface area contributed by atoms with Gasteiger partial charge in [-0.25, -0.2) is 0 Å². The second kappa shape index (κ2) is 4.45. The van der Waals surface area contributed by atoms with E-state index in [1.165, 1.54) is 5.56 Å². The van der Waals surface area contributed by atoms with Gasteiger partial charge in [0, 0.05) is 11.1 Å². The number of hydrogen-bond acceptors (Lipinski definition) is 3. The van der Waals surface area contributed by atoms with Gasteiger partial charge >= 0.3 is 0 Å². The number of aromatic nitrogens is 2. The maximum Gasteiger partial charge on any atom is 0.248 e. The van der Waals surface area contributed by atoms with Crippen molar-refractivity contribution < 1.29 is 4.42 Å². The van der Waals surface area contributed by atoms with Crippen LogP contribution in [0.15, 0.2) is 52.9 Å². The Labute approximate surface area is 105 Å². The Kier molecular flexibility index (Phi) is 2.65. The highest BCUT2D eigenvalue weighted by Crippen LogP contribution is 2.23. The first-order valence-corrected chi connectivity index (χ1v) is 5.70. The zero-order chi connectivity index (χ0) is 12.4. The van der Waals surface area contributed by atoms with E-state index < -0.39 is 0 Å². The van der Waals surface area contributed by atoms with Crippen molar-refractivity contribution in [1.29, 1.82) is 0 Å². The molecule has 0 spiro atoms. The molecule has 0 N–H and O–H groups in total. The van der Waals surface area contributed by atoms with E-state index in [1.54, 1.807) is 0 Å². The molecule has 0 aliphatic heterocycles. The zero-order valence-corrected chi connectivity index (χ0v) is 9.92. The lowest BCUT2D eigenvalue weighted by molar-refractivity contribution is 0.584. The molecular formula is C15H11N2O. The molecule has 87 valence electrons. The third-order valence-electron chi connectivity index (χ3n) is 2.69. The van der Waals surface area contributed by atoms with Crippen molar-refractivity contribution in [2.24, 2.45) is 0 Å². The van der Waals surface area contributed by atoms with Gasteiger partial charge in [0.15, 0.2) is 0 Å². The predicted octanol–water partition coefficient (Wildman–Crippen LogP) is 3.51. The van der Waals surface area contributed by atoms with Gasteiger partial charge in [-0.05, 0) is 37.3 Å². The van der Waals surface area contributed by atoms with Crippen molar-refractivity contribution in [3.8, 4) is 22.9 Å². The predicted molar refractivity (Wildman–Crippen MR) is 68.7 cm³/mol. The molecule has 0 saturated carbocycles. The third kappa shape index (κ3) is 2.02. The summed E-state index contributed by atoms with van der Waals surface area (Å²) in [6.45, 7) is 2.05. The summed E-state index contributed by atoms with van der Waals surface area (Å²) in [6, 6.07) is 18.4. The molecule has 0 aliphatic rings. The Balaban J connectivity index is 1.97. The van der Waals surface area contributed by atoms with Crippen LogP contribution in [0.2, 0.25) is 0 Å². The van der Waals surface area contributed by atoms with E-state index in [9.17, 15) is 0 Å². The van der Waals surface area contributed by atoms with Crippen LogP contribution in [0.4, 0.5) is 0 Å². The van der Waals surface area contributed by atoms with E-state index in [-0.39, 0.29) is 0 Å². The summed E-state index contributed by atoms with van der Waals surface area (Å²) in [4.78, 5) is 0. The van der Waals surface area contributed by atoms with Crippen molar-refractivity contribution in [2.45, 2.75) is 6.92 Å². The molecule has 0 atom stereocenters. The molecule has 1 aromatic heterocycles. The van der Waals surface area contributed by atoms with Crippen LogP contribution < -0.4 is 0 Å². The molecule has 3 heteroatoms. The Morgan fingerprint density at radius 1 is 0.833 bits per heavy atom. The topological polar surface area (TPSA) is 38.9 Å². The van der Waals surface area contributed by atoms with Crippen LogP contribution in [0.5, 0.6) is 0 Å². The summed E-state index contributed by atoms with van der Waals surface area (Å²) in [5.41, 5.74) is 3.04. The number of nitrogens with zero attached hydrogens (tertiary/aromatic N) is 2. The third-order valence-corrected chi connectivity index (χ3v) is 2.69. The molecule has 0 aliphatic carbocycles. The lowest BCUT2D eigenvalue weighted by Gasteiger charge is -1.95. The molecule has 2 aromatic carbocycles. The molecule has 0 saturated heterocycles. The largest absolute Gasteiger partial charge is 0.416 e. The monoisotopic (exact) mass is 235 g/mol. The van der Waals surface area contributed by atoms with E-state index >= 15 is 0 Å². The second-order valence-electron chi connectivity index (χ2n) is 4.07. The molecule has 1 radical (unpaired) electrons. The Hall–Kier alpha value is -2.42. The highest BCUT2D eigenvalue weighted by molar-refractivity contribution is 5.57. The Morgan fingerprint density at radius 3 is 2.00 bits per heavy atom. The molecule has 3 nitrogen and oxygen atoms in total. The van der Waals surface area contributed by atoms with Crippen LogP contribution in [-0.4, -0.2) is 10.2 Å². The second-order valence-corrected chi connectivity index (χ2v) is 4.07. The van der Waals surface area contributed by atoms with E-state index in [2.05, 4.69) is 16.3 Å². The summed E-state index contributed by atoms with van der Waals surface area (Å²) in [5.74, 6) is 1.07. The van der Waals surface area contributed by atoms with Gasteiger partial charge in [0.05, 0.1) is 0 Å². The first kappa shape index (κ1) is 10.7. The number of hydrogen-bond donors (Lipinski definition) is 0. The molecule has 0 unspecified atom stereocenters. The SMILES string of the molecule is Cc1ccc(-c2nnc(-c3cc[c]cc3)o2)cc1. The molecule has 0 bridgehead atoms. The van der Waals surface area contributed by atoms with Gasteiger partial charge in [-0.1, -0.05) is 29.8 Å². The molecule has 0 amide bonds. The normalized spacial score (nSPS) is 10.5. The van der Waals surface area contributed by atoms with Crippen LogP contribution in [0.1, 0.15) is 5.56 Å². The molecule has 3 rings (SSSR count). The first-order chi connectivity index (χ1) is 8.83. The summed E-state index contributed by atoms with van der Waals surface area (Å²) in [7, 11) is 0. The summed E-state index contributed by atoms with van der Waals surface area (Å²) in [5, 5.41) is 8.12. The van der Waals surface area contributed by atoms with Crippen LogP contribution >= 0.6 is 0 Å². The molecule has 3 aromatic rings. The summed E-state index contributed by atoms with van der Waals surface area (Å²) >= 11 is 0. The van der Waals surface area contributed by atoms with E-state index in [1.807, 2.05) is 55.5 Å². The summed E-state index contributed by atoms with van der Waals surface area (Å²) in [6.07, 6.45) is 0. The quantitative estimate of drug-likeness (QED) is 0.682. The van der Waals surface area contributed by atoms with Gasteiger partial charge < -0.3 is 4.42 Å². The standard InChI is InChI=1S/C15H11N2O/c1-11-7-9-13(10-8-11)15-17-16-14(18-15)12-5-3-2-4-6-12/h3-10H,1H3. The van der Waals surface area contributed by atoms with E-state index in [0.717, 1.165) is 11.1 Å². The van der Waals surface area contributed by atoms with Crippen LogP contribution in [-0.2, 0) is 0 Å². The minimum absolute atomic E-state index is 0.527. The van der Waals surface area contributed by atoms with Crippen molar-refractivity contribution >= 4 is 0 Å². The number of benzene rings is 2. The lowest BCUT2D eigenvalue weighted by Crippen LogP contribution is -1.78. The minimum Gasteiger partial charge on any atom is -0.416 e. The highest BCUT2D eigenvalue weighted by atomic mass is 16.4. The van der Waals surface area contributed by atoms with E-state index in [4.69, 9.17) is 4.42 Å². The van der Waals surface area contributed by atoms with Crippen LogP contribution in [0.25, 0.3) is 22.9 Å². The number of aryl methyl sites for hydroxylation is 1. The average Bonchev–Trinajstić information content (AvgIpc) is 2.90. The maximum atomic E-state index is 5.66. The Bertz CT molecular complexity index is 642. The van der Waals surface area contributed by atoms with Crippen molar-refractivity contribution in [2.75, 3.05) is 0 Å². The molecular weight excluding hydrogens is 224 g/mol. The highest BCUT2D eigenvalue weighted by Gasteiger charge is 2.09. The fraction of sp³-hybridized carbons (Fsp3) is 0.0667. The minimum atomic E-state index is 0.527. The van der Waals surface area contributed by atoms with Crippen molar-refractivity contribution in [3.63, 3.8) is 0 Å². The molecule has 1 heterocycles. The fourth-order valence-electron chi connectivity index (χ4n) is 1.68. The lowest BCUT2D eigenvalue weighted by atomic mass is 10.1. The van der Waals surface area contributed by atoms with Gasteiger partial charge in [0.25, 0.3) is 0 Å².